The summed E-state index contributed by atoms with van der Waals surface area (Å²) in [5.74, 6) is 0.277. The number of benzene rings is 2. The lowest BCUT2D eigenvalue weighted by Gasteiger charge is -2.17. The van der Waals surface area contributed by atoms with Crippen molar-refractivity contribution in [2.45, 2.75) is 19.9 Å². The molecule has 0 saturated carbocycles. The highest BCUT2D eigenvalue weighted by Crippen LogP contribution is 2.30. The Bertz CT molecular complexity index is 599. The third-order valence-electron chi connectivity index (χ3n) is 3.03. The van der Waals surface area contributed by atoms with E-state index in [9.17, 15) is 10.2 Å². The minimum Gasteiger partial charge on any atom is -0.508 e. The minimum atomic E-state index is -0.147. The standard InChI is InChI=1S/C15H16ClNO2/c1-9-3-4-11(7-14(9)16)17-10(2)13-8-12(18)5-6-15(13)19/h3-8,10,17-19H,1-2H3. The average Bonchev–Trinajstić information content (AvgIpc) is 2.36. The van der Waals surface area contributed by atoms with Crippen LogP contribution in [0.1, 0.15) is 24.1 Å². The summed E-state index contributed by atoms with van der Waals surface area (Å²) in [6.45, 7) is 3.85. The molecule has 0 spiro atoms. The number of anilines is 1. The summed E-state index contributed by atoms with van der Waals surface area (Å²) >= 11 is 6.07. The van der Waals surface area contributed by atoms with E-state index in [0.717, 1.165) is 11.3 Å². The lowest BCUT2D eigenvalue weighted by atomic mass is 10.1. The van der Waals surface area contributed by atoms with Crippen molar-refractivity contribution in [3.63, 3.8) is 0 Å². The first kappa shape index (κ1) is 13.6. The minimum absolute atomic E-state index is 0.128. The van der Waals surface area contributed by atoms with Gasteiger partial charge in [0, 0.05) is 16.3 Å². The van der Waals surface area contributed by atoms with Gasteiger partial charge in [-0.05, 0) is 49.7 Å². The predicted octanol–water partition coefficient (Wildman–Crippen LogP) is 4.23. The molecule has 0 amide bonds. The second-order valence-corrected chi connectivity index (χ2v) is 4.98. The van der Waals surface area contributed by atoms with E-state index in [2.05, 4.69) is 5.32 Å². The summed E-state index contributed by atoms with van der Waals surface area (Å²) < 4.78 is 0. The first-order chi connectivity index (χ1) is 8.97. The van der Waals surface area contributed by atoms with Crippen LogP contribution in [0.3, 0.4) is 0 Å². The molecule has 1 unspecified atom stereocenters. The van der Waals surface area contributed by atoms with E-state index in [1.807, 2.05) is 32.0 Å². The number of aromatic hydroxyl groups is 2. The van der Waals surface area contributed by atoms with E-state index in [4.69, 9.17) is 11.6 Å². The maximum Gasteiger partial charge on any atom is 0.121 e. The summed E-state index contributed by atoms with van der Waals surface area (Å²) in [5.41, 5.74) is 2.52. The summed E-state index contributed by atoms with van der Waals surface area (Å²) in [6, 6.07) is 10.0. The lowest BCUT2D eigenvalue weighted by Crippen LogP contribution is -2.06. The fourth-order valence-electron chi connectivity index (χ4n) is 1.90. The van der Waals surface area contributed by atoms with Crippen molar-refractivity contribution < 1.29 is 10.2 Å². The largest absolute Gasteiger partial charge is 0.508 e. The van der Waals surface area contributed by atoms with E-state index >= 15 is 0 Å². The van der Waals surface area contributed by atoms with Crippen LogP contribution in [0.25, 0.3) is 0 Å². The van der Waals surface area contributed by atoms with Crippen molar-refractivity contribution in [3.05, 3.63) is 52.5 Å². The monoisotopic (exact) mass is 277 g/mol. The molecule has 0 saturated heterocycles. The molecule has 0 aliphatic heterocycles. The Kier molecular flexibility index (Phi) is 3.86. The number of rotatable bonds is 3. The van der Waals surface area contributed by atoms with Crippen molar-refractivity contribution in [1.82, 2.24) is 0 Å². The molecule has 19 heavy (non-hydrogen) atoms. The molecule has 2 rings (SSSR count). The Morgan fingerprint density at radius 3 is 2.53 bits per heavy atom. The van der Waals surface area contributed by atoms with Gasteiger partial charge >= 0.3 is 0 Å². The highest BCUT2D eigenvalue weighted by Gasteiger charge is 2.11. The summed E-state index contributed by atoms with van der Waals surface area (Å²) in [5, 5.41) is 23.2. The van der Waals surface area contributed by atoms with Crippen LogP contribution >= 0.6 is 11.6 Å². The Labute approximate surface area is 117 Å². The first-order valence-electron chi connectivity index (χ1n) is 6.02. The molecule has 100 valence electrons. The number of phenolic OH excluding ortho intramolecular Hbond substituents is 2. The number of halogens is 1. The number of hydrogen-bond acceptors (Lipinski definition) is 3. The van der Waals surface area contributed by atoms with Crippen molar-refractivity contribution in [2.24, 2.45) is 0 Å². The van der Waals surface area contributed by atoms with Crippen LogP contribution in [0, 0.1) is 6.92 Å². The predicted molar refractivity (Wildman–Crippen MR) is 78.0 cm³/mol. The van der Waals surface area contributed by atoms with Crippen molar-refractivity contribution in [2.75, 3.05) is 5.32 Å². The van der Waals surface area contributed by atoms with Crippen molar-refractivity contribution >= 4 is 17.3 Å². The molecule has 0 aromatic heterocycles. The fraction of sp³-hybridized carbons (Fsp3) is 0.200. The molecule has 0 fully saturated rings. The van der Waals surface area contributed by atoms with Gasteiger partial charge in [-0.15, -0.1) is 0 Å². The van der Waals surface area contributed by atoms with Gasteiger partial charge in [-0.1, -0.05) is 17.7 Å². The maximum atomic E-state index is 9.80. The maximum absolute atomic E-state index is 9.80. The average molecular weight is 278 g/mol. The molecule has 0 heterocycles. The lowest BCUT2D eigenvalue weighted by molar-refractivity contribution is 0.451. The zero-order chi connectivity index (χ0) is 14.0. The number of nitrogens with one attached hydrogen (secondary N) is 1. The molecule has 0 radical (unpaired) electrons. The van der Waals surface area contributed by atoms with Crippen LogP contribution < -0.4 is 5.32 Å². The molecular formula is C15H16ClNO2. The van der Waals surface area contributed by atoms with Crippen LogP contribution in [0.15, 0.2) is 36.4 Å². The van der Waals surface area contributed by atoms with Gasteiger partial charge in [0.2, 0.25) is 0 Å². The molecule has 3 nitrogen and oxygen atoms in total. The normalized spacial score (nSPS) is 12.2. The zero-order valence-electron chi connectivity index (χ0n) is 10.8. The van der Waals surface area contributed by atoms with E-state index in [1.165, 1.54) is 12.1 Å². The van der Waals surface area contributed by atoms with Gasteiger partial charge in [-0.25, -0.2) is 0 Å². The Morgan fingerprint density at radius 2 is 1.84 bits per heavy atom. The number of phenols is 2. The molecule has 2 aromatic rings. The molecule has 4 heteroatoms. The molecule has 3 N–H and O–H groups in total. The van der Waals surface area contributed by atoms with E-state index in [1.54, 1.807) is 6.07 Å². The van der Waals surface area contributed by atoms with Gasteiger partial charge in [-0.2, -0.15) is 0 Å². The molecule has 2 aromatic carbocycles. The van der Waals surface area contributed by atoms with Gasteiger partial charge in [0.05, 0.1) is 6.04 Å². The second-order valence-electron chi connectivity index (χ2n) is 4.57. The van der Waals surface area contributed by atoms with E-state index in [-0.39, 0.29) is 17.5 Å². The van der Waals surface area contributed by atoms with Crippen LogP contribution in [-0.4, -0.2) is 10.2 Å². The molecule has 0 aliphatic rings. The smallest absolute Gasteiger partial charge is 0.121 e. The topological polar surface area (TPSA) is 52.5 Å². The highest BCUT2D eigenvalue weighted by molar-refractivity contribution is 6.31. The van der Waals surface area contributed by atoms with Crippen molar-refractivity contribution in [3.8, 4) is 11.5 Å². The Morgan fingerprint density at radius 1 is 1.11 bits per heavy atom. The number of aryl methyl sites for hydroxylation is 1. The fourth-order valence-corrected chi connectivity index (χ4v) is 2.08. The van der Waals surface area contributed by atoms with Gasteiger partial charge in [0.1, 0.15) is 11.5 Å². The van der Waals surface area contributed by atoms with Crippen LogP contribution in [0.4, 0.5) is 5.69 Å². The first-order valence-corrected chi connectivity index (χ1v) is 6.39. The summed E-state index contributed by atoms with van der Waals surface area (Å²) in [7, 11) is 0. The molecular weight excluding hydrogens is 262 g/mol. The SMILES string of the molecule is Cc1ccc(NC(C)c2cc(O)ccc2O)cc1Cl. The van der Waals surface area contributed by atoms with Gasteiger partial charge in [0.25, 0.3) is 0 Å². The second kappa shape index (κ2) is 5.41. The Balaban J connectivity index is 2.22. The summed E-state index contributed by atoms with van der Waals surface area (Å²) in [6.07, 6.45) is 0. The third-order valence-corrected chi connectivity index (χ3v) is 3.44. The molecule has 0 aliphatic carbocycles. The third kappa shape index (κ3) is 3.12. The zero-order valence-corrected chi connectivity index (χ0v) is 11.6. The quantitative estimate of drug-likeness (QED) is 0.736. The molecule has 1 atom stereocenters. The van der Waals surface area contributed by atoms with Crippen LogP contribution in [0.2, 0.25) is 5.02 Å². The Hall–Kier alpha value is -1.87. The highest BCUT2D eigenvalue weighted by atomic mass is 35.5. The molecule has 0 bridgehead atoms. The summed E-state index contributed by atoms with van der Waals surface area (Å²) in [4.78, 5) is 0. The van der Waals surface area contributed by atoms with Gasteiger partial charge < -0.3 is 15.5 Å². The van der Waals surface area contributed by atoms with Crippen molar-refractivity contribution in [1.29, 1.82) is 0 Å². The van der Waals surface area contributed by atoms with E-state index in [0.29, 0.717) is 10.6 Å². The van der Waals surface area contributed by atoms with E-state index < -0.39 is 0 Å². The van der Waals surface area contributed by atoms with Gasteiger partial charge in [-0.3, -0.25) is 0 Å². The van der Waals surface area contributed by atoms with Crippen LogP contribution in [0.5, 0.6) is 11.5 Å². The number of hydrogen-bond donors (Lipinski definition) is 3. The van der Waals surface area contributed by atoms with Gasteiger partial charge in [0.15, 0.2) is 0 Å². The van der Waals surface area contributed by atoms with Crippen LogP contribution in [-0.2, 0) is 0 Å².